The third-order valence-corrected chi connectivity index (χ3v) is 9.13. The first-order valence-electron chi connectivity index (χ1n) is 15.3. The molecule has 0 N–H and O–H groups in total. The normalized spacial score (nSPS) is 12.2. The number of thioether (sulfide) groups is 1. The largest absolute Gasteiger partial charge is 0.497 e. The van der Waals surface area contributed by atoms with Crippen LogP contribution < -0.4 is 14.4 Å². The second kappa shape index (κ2) is 13.8. The van der Waals surface area contributed by atoms with Gasteiger partial charge in [0.05, 0.1) is 19.9 Å². The Labute approximate surface area is 269 Å². The first kappa shape index (κ1) is 33.0. The Morgan fingerprint density at radius 1 is 0.750 bits per heavy atom. The first-order valence-corrected chi connectivity index (χ1v) is 16.1. The van der Waals surface area contributed by atoms with E-state index in [1.54, 1.807) is 26.0 Å². The monoisotopic (exact) mass is 605 g/mol. The van der Waals surface area contributed by atoms with Crippen molar-refractivity contribution < 1.29 is 9.47 Å². The van der Waals surface area contributed by atoms with Crippen molar-refractivity contribution in [2.24, 2.45) is 5.41 Å². The summed E-state index contributed by atoms with van der Waals surface area (Å²) in [4.78, 5) is 4.73. The minimum absolute atomic E-state index is 0.0195. The van der Waals surface area contributed by atoms with Gasteiger partial charge in [-0.2, -0.15) is 0 Å². The molecule has 0 bridgehead atoms. The lowest BCUT2D eigenvalue weighted by Gasteiger charge is -2.30. The highest BCUT2D eigenvalue weighted by atomic mass is 32.2. The number of nitrogens with zero attached hydrogens (tertiary/aromatic N) is 1. The van der Waals surface area contributed by atoms with Crippen LogP contribution in [0.1, 0.15) is 66.0 Å². The fourth-order valence-electron chi connectivity index (χ4n) is 5.03. The number of hydrogen-bond donors (Lipinski definition) is 0. The molecule has 4 rings (SSSR count). The van der Waals surface area contributed by atoms with Gasteiger partial charge in [-0.1, -0.05) is 109 Å². The zero-order valence-electron chi connectivity index (χ0n) is 27.8. The standard InChI is InChI=1S/C40H47NO2S/c1-11-12-38(40(6,7)8)44-28(2)29-13-15-30(16-14-29)36-26-17-31(39(3,4)5)27-37(36)41(32-18-22-34(42-9)23-19-32)33-20-24-35(43-10)25-21-33/h12-27H,2,11H2,1,3-10H3/b38-12-. The molecule has 0 aliphatic rings. The van der Waals surface area contributed by atoms with Crippen LogP contribution in [0.5, 0.6) is 11.5 Å². The second-order valence-corrected chi connectivity index (χ2v) is 14.2. The number of allylic oxidation sites excluding steroid dienone is 2. The van der Waals surface area contributed by atoms with Crippen LogP contribution in [0.2, 0.25) is 0 Å². The van der Waals surface area contributed by atoms with Crippen molar-refractivity contribution in [1.29, 1.82) is 0 Å². The van der Waals surface area contributed by atoms with E-state index < -0.39 is 0 Å². The first-order chi connectivity index (χ1) is 20.8. The minimum atomic E-state index is -0.0195. The summed E-state index contributed by atoms with van der Waals surface area (Å²) in [7, 11) is 3.39. The molecule has 0 spiro atoms. The minimum Gasteiger partial charge on any atom is -0.497 e. The fraction of sp³-hybridized carbons (Fsp3) is 0.300. The summed E-state index contributed by atoms with van der Waals surface area (Å²) in [6.07, 6.45) is 3.33. The molecule has 0 radical (unpaired) electrons. The molecule has 230 valence electrons. The zero-order chi connectivity index (χ0) is 32.1. The van der Waals surface area contributed by atoms with Crippen molar-refractivity contribution in [3.05, 3.63) is 120 Å². The average Bonchev–Trinajstić information content (AvgIpc) is 3.01. The van der Waals surface area contributed by atoms with Crippen LogP contribution >= 0.6 is 11.8 Å². The molecule has 0 aliphatic heterocycles. The molecule has 0 aromatic heterocycles. The van der Waals surface area contributed by atoms with Gasteiger partial charge >= 0.3 is 0 Å². The Kier molecular flexibility index (Phi) is 10.4. The molecule has 4 heteroatoms. The number of hydrogen-bond acceptors (Lipinski definition) is 4. The van der Waals surface area contributed by atoms with Gasteiger partial charge in [0, 0.05) is 21.8 Å². The lowest BCUT2D eigenvalue weighted by molar-refractivity contribution is 0.415. The number of benzene rings is 4. The fourth-order valence-corrected chi connectivity index (χ4v) is 6.11. The molecule has 0 heterocycles. The summed E-state index contributed by atoms with van der Waals surface area (Å²) in [5, 5.41) is 0. The van der Waals surface area contributed by atoms with Crippen LogP contribution in [-0.4, -0.2) is 14.2 Å². The Morgan fingerprint density at radius 3 is 1.70 bits per heavy atom. The topological polar surface area (TPSA) is 21.7 Å². The summed E-state index contributed by atoms with van der Waals surface area (Å²) >= 11 is 1.78. The van der Waals surface area contributed by atoms with Crippen LogP contribution in [0.3, 0.4) is 0 Å². The molecule has 4 aromatic carbocycles. The third kappa shape index (κ3) is 7.78. The van der Waals surface area contributed by atoms with Crippen LogP contribution in [0.25, 0.3) is 16.0 Å². The smallest absolute Gasteiger partial charge is 0.119 e. The Morgan fingerprint density at radius 2 is 1.27 bits per heavy atom. The highest BCUT2D eigenvalue weighted by Crippen LogP contribution is 2.45. The molecule has 0 aliphatic carbocycles. The third-order valence-electron chi connectivity index (χ3n) is 7.65. The van der Waals surface area contributed by atoms with E-state index >= 15 is 0 Å². The summed E-state index contributed by atoms with van der Waals surface area (Å²) in [6, 6.07) is 32.2. The maximum Gasteiger partial charge on any atom is 0.119 e. The Hall–Kier alpha value is -3.89. The quantitative estimate of drug-likeness (QED) is 0.179. The highest BCUT2D eigenvalue weighted by molar-refractivity contribution is 8.11. The van der Waals surface area contributed by atoms with E-state index in [0.29, 0.717) is 0 Å². The summed E-state index contributed by atoms with van der Waals surface area (Å²) < 4.78 is 11.0. The lowest BCUT2D eigenvalue weighted by Crippen LogP contribution is -2.15. The van der Waals surface area contributed by atoms with Gasteiger partial charge in [-0.05, 0) is 93.4 Å². The van der Waals surface area contributed by atoms with Gasteiger partial charge in [-0.3, -0.25) is 0 Å². The van der Waals surface area contributed by atoms with Crippen LogP contribution in [-0.2, 0) is 5.41 Å². The van der Waals surface area contributed by atoms with Crippen LogP contribution in [0.4, 0.5) is 17.1 Å². The molecule has 44 heavy (non-hydrogen) atoms. The van der Waals surface area contributed by atoms with Gasteiger partial charge in [0.2, 0.25) is 0 Å². The van der Waals surface area contributed by atoms with Crippen molar-refractivity contribution in [2.75, 3.05) is 19.1 Å². The predicted molar refractivity (Wildman–Crippen MR) is 193 cm³/mol. The number of anilines is 3. The van der Waals surface area contributed by atoms with Crippen molar-refractivity contribution in [2.45, 2.75) is 60.3 Å². The molecule has 0 fully saturated rings. The predicted octanol–water partition coefficient (Wildman–Crippen LogP) is 12.2. The summed E-state index contributed by atoms with van der Waals surface area (Å²) in [6.45, 7) is 20.2. The molecule has 0 unspecified atom stereocenters. The molecule has 4 aromatic rings. The number of rotatable bonds is 10. The molecule has 0 saturated carbocycles. The van der Waals surface area contributed by atoms with Gasteiger partial charge in [0.1, 0.15) is 11.5 Å². The van der Waals surface area contributed by atoms with Gasteiger partial charge in [-0.15, -0.1) is 0 Å². The molecule has 3 nitrogen and oxygen atoms in total. The van der Waals surface area contributed by atoms with Gasteiger partial charge in [0.15, 0.2) is 0 Å². The van der Waals surface area contributed by atoms with Crippen LogP contribution in [0, 0.1) is 5.41 Å². The van der Waals surface area contributed by atoms with E-state index in [9.17, 15) is 0 Å². The van der Waals surface area contributed by atoms with Gasteiger partial charge in [0.25, 0.3) is 0 Å². The molecular formula is C40H47NO2S. The van der Waals surface area contributed by atoms with Crippen molar-refractivity contribution in [3.8, 4) is 22.6 Å². The Bertz CT molecular complexity index is 1540. The zero-order valence-corrected chi connectivity index (χ0v) is 28.6. The maximum atomic E-state index is 5.49. The number of ether oxygens (including phenoxy) is 2. The van der Waals surface area contributed by atoms with E-state index in [1.807, 2.05) is 24.3 Å². The van der Waals surface area contributed by atoms with Crippen molar-refractivity contribution >= 4 is 33.7 Å². The van der Waals surface area contributed by atoms with Crippen LogP contribution in [0.15, 0.2) is 109 Å². The van der Waals surface area contributed by atoms with E-state index in [1.165, 1.54) is 10.5 Å². The molecule has 0 amide bonds. The molecule has 0 saturated heterocycles. The van der Waals surface area contributed by atoms with Crippen molar-refractivity contribution in [3.63, 3.8) is 0 Å². The lowest BCUT2D eigenvalue weighted by atomic mass is 9.85. The SMILES string of the molecule is C=C(S/C(=C\CC)C(C)(C)C)c1ccc(-c2ccc(C(C)(C)C)cc2N(c2ccc(OC)cc2)c2ccc(OC)cc2)cc1. The molecular weight excluding hydrogens is 559 g/mol. The van der Waals surface area contributed by atoms with Crippen molar-refractivity contribution in [1.82, 2.24) is 0 Å². The summed E-state index contributed by atoms with van der Waals surface area (Å²) in [5.74, 6) is 1.65. The average molecular weight is 606 g/mol. The molecule has 0 atom stereocenters. The Balaban J connectivity index is 1.84. The van der Waals surface area contributed by atoms with E-state index in [2.05, 4.69) is 133 Å². The van der Waals surface area contributed by atoms with E-state index in [-0.39, 0.29) is 10.8 Å². The van der Waals surface area contributed by atoms with E-state index in [0.717, 1.165) is 56.6 Å². The maximum absolute atomic E-state index is 5.49. The highest BCUT2D eigenvalue weighted by Gasteiger charge is 2.23. The van der Waals surface area contributed by atoms with Gasteiger partial charge < -0.3 is 14.4 Å². The summed E-state index contributed by atoms with van der Waals surface area (Å²) in [5.41, 5.74) is 7.96. The number of methoxy groups -OCH3 is 2. The second-order valence-electron chi connectivity index (χ2n) is 13.0. The van der Waals surface area contributed by atoms with E-state index in [4.69, 9.17) is 9.47 Å². The van der Waals surface area contributed by atoms with Gasteiger partial charge in [-0.25, -0.2) is 0 Å².